The van der Waals surface area contributed by atoms with E-state index < -0.39 is 5.97 Å². The van der Waals surface area contributed by atoms with Crippen molar-refractivity contribution in [1.82, 2.24) is 0 Å². The predicted octanol–water partition coefficient (Wildman–Crippen LogP) is 0.649. The molecule has 0 radical (unpaired) electrons. The number of carboxylic acid groups (broad SMARTS) is 1. The van der Waals surface area contributed by atoms with E-state index in [-0.39, 0.29) is 19.1 Å². The summed E-state index contributed by atoms with van der Waals surface area (Å²) >= 11 is 0. The summed E-state index contributed by atoms with van der Waals surface area (Å²) < 4.78 is 5.27. The molecule has 0 fully saturated rings. The van der Waals surface area contributed by atoms with Crippen LogP contribution in [0.2, 0.25) is 0 Å². The fourth-order valence-electron chi connectivity index (χ4n) is 1.04. The number of aliphatic carboxylic acids is 1. The number of ether oxygens (including phenoxy) is 1. The van der Waals surface area contributed by atoms with Gasteiger partial charge in [0.15, 0.2) is 0 Å². The molecule has 1 atom stereocenters. The zero-order chi connectivity index (χ0) is 9.68. The van der Waals surface area contributed by atoms with E-state index in [0.29, 0.717) is 0 Å². The zero-order valence-electron chi connectivity index (χ0n) is 7.27. The highest BCUT2D eigenvalue weighted by atomic mass is 16.5. The molecule has 4 nitrogen and oxygen atoms in total. The Labute approximate surface area is 76.7 Å². The first kappa shape index (κ1) is 9.80. The van der Waals surface area contributed by atoms with Crippen LogP contribution in [0.4, 0.5) is 0 Å². The Hall–Kier alpha value is -1.29. The molecular weight excluding hydrogens is 170 g/mol. The minimum atomic E-state index is -0.838. The second kappa shape index (κ2) is 4.67. The van der Waals surface area contributed by atoms with Gasteiger partial charge in [0.1, 0.15) is 0 Å². The SMILES string of the molecule is NC1=CCC(OCCC(=O)O)C=C1. The molecule has 0 aromatic carbocycles. The average Bonchev–Trinajstić information content (AvgIpc) is 2.08. The second-order valence-electron chi connectivity index (χ2n) is 2.85. The zero-order valence-corrected chi connectivity index (χ0v) is 7.27. The monoisotopic (exact) mass is 183 g/mol. The van der Waals surface area contributed by atoms with Crippen molar-refractivity contribution in [1.29, 1.82) is 0 Å². The normalized spacial score (nSPS) is 21.2. The van der Waals surface area contributed by atoms with Crippen molar-refractivity contribution in [2.45, 2.75) is 18.9 Å². The fourth-order valence-corrected chi connectivity index (χ4v) is 1.04. The molecule has 0 bridgehead atoms. The summed E-state index contributed by atoms with van der Waals surface area (Å²) in [6, 6.07) is 0. The van der Waals surface area contributed by atoms with E-state index >= 15 is 0 Å². The van der Waals surface area contributed by atoms with Crippen molar-refractivity contribution >= 4 is 5.97 Å². The van der Waals surface area contributed by atoms with Crippen LogP contribution in [0.5, 0.6) is 0 Å². The van der Waals surface area contributed by atoms with Crippen LogP contribution >= 0.6 is 0 Å². The van der Waals surface area contributed by atoms with E-state index in [1.807, 2.05) is 12.2 Å². The van der Waals surface area contributed by atoms with Crippen LogP contribution in [0, 0.1) is 0 Å². The maximum Gasteiger partial charge on any atom is 0.305 e. The van der Waals surface area contributed by atoms with Gasteiger partial charge in [0.25, 0.3) is 0 Å². The van der Waals surface area contributed by atoms with E-state index in [4.69, 9.17) is 15.6 Å². The summed E-state index contributed by atoms with van der Waals surface area (Å²) in [7, 11) is 0. The van der Waals surface area contributed by atoms with Gasteiger partial charge < -0.3 is 15.6 Å². The molecule has 0 aromatic heterocycles. The fraction of sp³-hybridized carbons (Fsp3) is 0.444. The second-order valence-corrected chi connectivity index (χ2v) is 2.85. The lowest BCUT2D eigenvalue weighted by molar-refractivity contribution is -0.138. The highest BCUT2D eigenvalue weighted by Crippen LogP contribution is 2.10. The Bertz CT molecular complexity index is 245. The van der Waals surface area contributed by atoms with Crippen LogP contribution in [-0.4, -0.2) is 23.8 Å². The van der Waals surface area contributed by atoms with E-state index in [1.54, 1.807) is 6.08 Å². The minimum Gasteiger partial charge on any atom is -0.481 e. The molecule has 0 aliphatic heterocycles. The Morgan fingerprint density at radius 1 is 1.77 bits per heavy atom. The van der Waals surface area contributed by atoms with Crippen molar-refractivity contribution in [3.63, 3.8) is 0 Å². The van der Waals surface area contributed by atoms with Gasteiger partial charge in [-0.3, -0.25) is 4.79 Å². The molecule has 0 aromatic rings. The van der Waals surface area contributed by atoms with Gasteiger partial charge in [-0.05, 0) is 12.5 Å². The Morgan fingerprint density at radius 2 is 2.54 bits per heavy atom. The summed E-state index contributed by atoms with van der Waals surface area (Å²) in [6.45, 7) is 0.248. The quantitative estimate of drug-likeness (QED) is 0.671. The van der Waals surface area contributed by atoms with Crippen molar-refractivity contribution in [2.24, 2.45) is 5.73 Å². The topological polar surface area (TPSA) is 72.5 Å². The smallest absolute Gasteiger partial charge is 0.305 e. The number of carbonyl (C=O) groups is 1. The van der Waals surface area contributed by atoms with Crippen molar-refractivity contribution < 1.29 is 14.6 Å². The molecule has 1 rings (SSSR count). The van der Waals surface area contributed by atoms with Crippen LogP contribution in [-0.2, 0) is 9.53 Å². The highest BCUT2D eigenvalue weighted by molar-refractivity contribution is 5.66. The third-order valence-electron chi connectivity index (χ3n) is 1.74. The van der Waals surface area contributed by atoms with E-state index in [2.05, 4.69) is 0 Å². The molecule has 0 amide bonds. The molecule has 3 N–H and O–H groups in total. The first-order chi connectivity index (χ1) is 6.18. The van der Waals surface area contributed by atoms with Gasteiger partial charge in [0.2, 0.25) is 0 Å². The number of rotatable bonds is 4. The van der Waals surface area contributed by atoms with Gasteiger partial charge in [0.05, 0.1) is 19.1 Å². The maximum atomic E-state index is 10.2. The predicted molar refractivity (Wildman–Crippen MR) is 48.0 cm³/mol. The van der Waals surface area contributed by atoms with Gasteiger partial charge in [-0.2, -0.15) is 0 Å². The summed E-state index contributed by atoms with van der Waals surface area (Å²) in [6.07, 6.45) is 6.23. The summed E-state index contributed by atoms with van der Waals surface area (Å²) in [5.41, 5.74) is 6.23. The first-order valence-electron chi connectivity index (χ1n) is 4.15. The summed E-state index contributed by atoms with van der Waals surface area (Å²) in [5, 5.41) is 8.36. The van der Waals surface area contributed by atoms with Crippen molar-refractivity contribution in [3.05, 3.63) is 23.9 Å². The number of hydrogen-bond acceptors (Lipinski definition) is 3. The molecular formula is C9H13NO3. The molecule has 1 aliphatic carbocycles. The maximum absolute atomic E-state index is 10.2. The number of nitrogens with two attached hydrogens (primary N) is 1. The molecule has 72 valence electrons. The first-order valence-corrected chi connectivity index (χ1v) is 4.15. The standard InChI is InChI=1S/C9H13NO3/c10-7-1-3-8(4-2-7)13-6-5-9(11)12/h1-3,8H,4-6,10H2,(H,11,12). The van der Waals surface area contributed by atoms with Crippen LogP contribution < -0.4 is 5.73 Å². The average molecular weight is 183 g/mol. The summed E-state index contributed by atoms with van der Waals surface area (Å²) in [5.74, 6) is -0.838. The molecule has 1 unspecified atom stereocenters. The Morgan fingerprint density at radius 3 is 3.08 bits per heavy atom. The molecule has 13 heavy (non-hydrogen) atoms. The molecule has 0 heterocycles. The van der Waals surface area contributed by atoms with Gasteiger partial charge in [0, 0.05) is 5.70 Å². The number of carboxylic acids is 1. The lowest BCUT2D eigenvalue weighted by Crippen LogP contribution is -2.15. The molecule has 0 spiro atoms. The van der Waals surface area contributed by atoms with Crippen LogP contribution in [0.1, 0.15) is 12.8 Å². The lowest BCUT2D eigenvalue weighted by atomic mass is 10.1. The van der Waals surface area contributed by atoms with Crippen LogP contribution in [0.3, 0.4) is 0 Å². The highest BCUT2D eigenvalue weighted by Gasteiger charge is 2.07. The third kappa shape index (κ3) is 3.75. The lowest BCUT2D eigenvalue weighted by Gasteiger charge is -2.14. The summed E-state index contributed by atoms with van der Waals surface area (Å²) in [4.78, 5) is 10.2. The molecule has 0 saturated carbocycles. The molecule has 0 saturated heterocycles. The van der Waals surface area contributed by atoms with Gasteiger partial charge in [-0.1, -0.05) is 12.2 Å². The number of allylic oxidation sites excluding steroid dienone is 1. The third-order valence-corrected chi connectivity index (χ3v) is 1.74. The Kier molecular flexibility index (Phi) is 3.52. The van der Waals surface area contributed by atoms with Crippen molar-refractivity contribution in [2.75, 3.05) is 6.61 Å². The largest absolute Gasteiger partial charge is 0.481 e. The van der Waals surface area contributed by atoms with Crippen molar-refractivity contribution in [3.8, 4) is 0 Å². The van der Waals surface area contributed by atoms with E-state index in [1.165, 1.54) is 0 Å². The van der Waals surface area contributed by atoms with E-state index in [0.717, 1.165) is 12.1 Å². The van der Waals surface area contributed by atoms with Crippen LogP contribution in [0.15, 0.2) is 23.9 Å². The van der Waals surface area contributed by atoms with E-state index in [9.17, 15) is 4.79 Å². The van der Waals surface area contributed by atoms with Crippen LogP contribution in [0.25, 0.3) is 0 Å². The van der Waals surface area contributed by atoms with Gasteiger partial charge >= 0.3 is 5.97 Å². The molecule has 1 aliphatic rings. The molecule has 4 heteroatoms. The Balaban J connectivity index is 2.18. The minimum absolute atomic E-state index is 0.0216. The van der Waals surface area contributed by atoms with Gasteiger partial charge in [-0.25, -0.2) is 0 Å². The number of hydrogen-bond donors (Lipinski definition) is 2. The van der Waals surface area contributed by atoms with Gasteiger partial charge in [-0.15, -0.1) is 0 Å².